The van der Waals surface area contributed by atoms with Crippen LogP contribution in [-0.2, 0) is 16.6 Å². The fourth-order valence-corrected chi connectivity index (χ4v) is 2.00. The maximum atomic E-state index is 10.5. The first kappa shape index (κ1) is 19.9. The second kappa shape index (κ2) is 9.20. The minimum Gasteiger partial charge on any atom is -0.481 e. The molecule has 6 nitrogen and oxygen atoms in total. The van der Waals surface area contributed by atoms with Gasteiger partial charge in [-0.2, -0.15) is 0 Å². The van der Waals surface area contributed by atoms with Crippen LogP contribution in [0.15, 0.2) is 36.8 Å². The van der Waals surface area contributed by atoms with Gasteiger partial charge in [-0.3, -0.25) is 4.79 Å². The molecule has 0 amide bonds. The molecule has 0 radical (unpaired) electrons. The summed E-state index contributed by atoms with van der Waals surface area (Å²) < 4.78 is 1.92. The number of aliphatic hydroxyl groups is 1. The third-order valence-corrected chi connectivity index (χ3v) is 3.39. The van der Waals surface area contributed by atoms with Gasteiger partial charge in [0.05, 0.1) is 25.0 Å². The van der Waals surface area contributed by atoms with Crippen LogP contribution in [0.5, 0.6) is 0 Å². The average molecular weight is 333 g/mol. The molecule has 1 aromatic heterocycles. The first-order valence-electron chi connectivity index (χ1n) is 7.94. The van der Waals surface area contributed by atoms with Crippen molar-refractivity contribution in [3.8, 4) is 5.69 Å². The molecule has 0 atom stereocenters. The number of aromatic nitrogens is 2. The molecule has 0 saturated heterocycles. The zero-order chi connectivity index (χ0) is 18.2. The molecule has 0 saturated carbocycles. The maximum Gasteiger partial charge on any atom is 0.303 e. The Balaban J connectivity index is 0.000000648. The quantitative estimate of drug-likeness (QED) is 0.778. The monoisotopic (exact) mass is 333 g/mol. The Hall–Kier alpha value is -2.18. The van der Waals surface area contributed by atoms with E-state index in [9.17, 15) is 4.79 Å². The lowest BCUT2D eigenvalue weighted by molar-refractivity contribution is -0.136. The first-order chi connectivity index (χ1) is 11.3. The minimum atomic E-state index is -0.797. The first-order valence-corrected chi connectivity index (χ1v) is 7.94. The van der Waals surface area contributed by atoms with Crippen molar-refractivity contribution in [1.82, 2.24) is 9.55 Å². The van der Waals surface area contributed by atoms with Gasteiger partial charge in [-0.25, -0.2) is 4.98 Å². The van der Waals surface area contributed by atoms with Gasteiger partial charge in [0.1, 0.15) is 0 Å². The molecule has 0 spiro atoms. The van der Waals surface area contributed by atoms with Gasteiger partial charge in [0, 0.05) is 24.8 Å². The zero-order valence-corrected chi connectivity index (χ0v) is 14.6. The smallest absolute Gasteiger partial charge is 0.303 e. The van der Waals surface area contributed by atoms with Crippen molar-refractivity contribution < 1.29 is 15.0 Å². The molecule has 132 valence electrons. The van der Waals surface area contributed by atoms with E-state index in [0.29, 0.717) is 13.0 Å². The number of carboxylic acid groups (broad SMARTS) is 1. The van der Waals surface area contributed by atoms with Gasteiger partial charge in [0.2, 0.25) is 0 Å². The van der Waals surface area contributed by atoms with Crippen molar-refractivity contribution in [2.45, 2.75) is 39.0 Å². The summed E-state index contributed by atoms with van der Waals surface area (Å²) in [5, 5.41) is 16.4. The van der Waals surface area contributed by atoms with Gasteiger partial charge in [0.25, 0.3) is 0 Å². The van der Waals surface area contributed by atoms with Gasteiger partial charge in [0.15, 0.2) is 0 Å². The molecule has 0 aliphatic heterocycles. The number of rotatable bonds is 5. The van der Waals surface area contributed by atoms with Crippen molar-refractivity contribution in [3.05, 3.63) is 48.0 Å². The van der Waals surface area contributed by atoms with Crippen LogP contribution in [0, 0.1) is 0 Å². The Morgan fingerprint density at radius 1 is 1.25 bits per heavy atom. The molecule has 1 heterocycles. The number of imidazole rings is 1. The largest absolute Gasteiger partial charge is 0.481 e. The summed E-state index contributed by atoms with van der Waals surface area (Å²) in [6.45, 7) is 7.02. The Morgan fingerprint density at radius 3 is 2.29 bits per heavy atom. The standard InChI is InChI=1S/C16H20N2O2.C2H7NO/c1-16(2,3)12-4-7-14(8-5-12)18-10-13(17-11-18)6-9-15(19)20;3-1-2-4/h4-5,7-8,10-11H,6,9H2,1-3H3,(H,19,20);4H,1-3H2. The highest BCUT2D eigenvalue weighted by atomic mass is 16.4. The van der Waals surface area contributed by atoms with Crippen molar-refractivity contribution in [1.29, 1.82) is 0 Å². The van der Waals surface area contributed by atoms with E-state index in [1.165, 1.54) is 5.56 Å². The fraction of sp³-hybridized carbons (Fsp3) is 0.444. The Morgan fingerprint density at radius 2 is 1.83 bits per heavy atom. The number of carboxylic acids is 1. The highest BCUT2D eigenvalue weighted by Crippen LogP contribution is 2.23. The number of benzene rings is 1. The van der Waals surface area contributed by atoms with Crippen LogP contribution in [0.2, 0.25) is 0 Å². The SMILES string of the molecule is CC(C)(C)c1ccc(-n2cnc(CCC(=O)O)c2)cc1.NCCO. The molecule has 0 bridgehead atoms. The van der Waals surface area contributed by atoms with Gasteiger partial charge < -0.3 is 20.5 Å². The van der Waals surface area contributed by atoms with Crippen LogP contribution < -0.4 is 5.73 Å². The topological polar surface area (TPSA) is 101 Å². The van der Waals surface area contributed by atoms with Gasteiger partial charge in [-0.1, -0.05) is 32.9 Å². The second-order valence-electron chi connectivity index (χ2n) is 6.48. The van der Waals surface area contributed by atoms with Gasteiger partial charge in [-0.05, 0) is 23.1 Å². The van der Waals surface area contributed by atoms with E-state index in [4.69, 9.17) is 15.9 Å². The Bertz CT molecular complexity index is 626. The molecule has 0 aliphatic carbocycles. The van der Waals surface area contributed by atoms with Crippen LogP contribution >= 0.6 is 0 Å². The van der Waals surface area contributed by atoms with E-state index in [2.05, 4.69) is 50.0 Å². The zero-order valence-electron chi connectivity index (χ0n) is 14.6. The second-order valence-corrected chi connectivity index (χ2v) is 6.48. The van der Waals surface area contributed by atoms with Gasteiger partial charge >= 0.3 is 5.97 Å². The van der Waals surface area contributed by atoms with E-state index in [0.717, 1.165) is 11.4 Å². The van der Waals surface area contributed by atoms with Crippen LogP contribution in [0.4, 0.5) is 0 Å². The maximum absolute atomic E-state index is 10.5. The lowest BCUT2D eigenvalue weighted by Crippen LogP contribution is -2.10. The van der Waals surface area contributed by atoms with Crippen molar-refractivity contribution in [2.75, 3.05) is 13.2 Å². The number of carbonyl (C=O) groups is 1. The van der Waals surface area contributed by atoms with E-state index >= 15 is 0 Å². The summed E-state index contributed by atoms with van der Waals surface area (Å²) in [5.74, 6) is -0.797. The van der Waals surface area contributed by atoms with Crippen LogP contribution in [0.25, 0.3) is 5.69 Å². The minimum absolute atomic E-state index is 0.0972. The molecule has 0 unspecified atom stereocenters. The summed E-state index contributed by atoms with van der Waals surface area (Å²) in [5.41, 5.74) is 8.03. The lowest BCUT2D eigenvalue weighted by Gasteiger charge is -2.19. The molecule has 2 rings (SSSR count). The summed E-state index contributed by atoms with van der Waals surface area (Å²) in [6.07, 6.45) is 4.18. The van der Waals surface area contributed by atoms with Crippen molar-refractivity contribution in [3.63, 3.8) is 0 Å². The molecule has 0 aliphatic rings. The van der Waals surface area contributed by atoms with E-state index in [-0.39, 0.29) is 18.4 Å². The van der Waals surface area contributed by atoms with Crippen LogP contribution in [0.3, 0.4) is 0 Å². The normalized spacial score (nSPS) is 10.9. The van der Waals surface area contributed by atoms with E-state index < -0.39 is 5.97 Å². The summed E-state index contributed by atoms with van der Waals surface area (Å²) in [7, 11) is 0. The summed E-state index contributed by atoms with van der Waals surface area (Å²) in [6, 6.07) is 8.35. The van der Waals surface area contributed by atoms with E-state index in [1.54, 1.807) is 6.33 Å². The number of nitrogens with zero attached hydrogens (tertiary/aromatic N) is 2. The molecule has 4 N–H and O–H groups in total. The predicted molar refractivity (Wildman–Crippen MR) is 94.4 cm³/mol. The number of aliphatic carboxylic acids is 1. The van der Waals surface area contributed by atoms with Crippen LogP contribution in [0.1, 0.15) is 38.4 Å². The Labute approximate surface area is 143 Å². The van der Waals surface area contributed by atoms with Crippen molar-refractivity contribution in [2.24, 2.45) is 5.73 Å². The number of hydrogen-bond donors (Lipinski definition) is 3. The van der Waals surface area contributed by atoms with Gasteiger partial charge in [-0.15, -0.1) is 0 Å². The molecule has 2 aromatic rings. The third kappa shape index (κ3) is 6.52. The summed E-state index contributed by atoms with van der Waals surface area (Å²) >= 11 is 0. The molecule has 24 heavy (non-hydrogen) atoms. The highest BCUT2D eigenvalue weighted by Gasteiger charge is 2.13. The lowest BCUT2D eigenvalue weighted by atomic mass is 9.87. The molecule has 1 aromatic carbocycles. The number of hydrogen-bond acceptors (Lipinski definition) is 4. The number of aliphatic hydroxyl groups excluding tert-OH is 1. The number of nitrogens with two attached hydrogens (primary N) is 1. The van der Waals surface area contributed by atoms with Crippen molar-refractivity contribution >= 4 is 5.97 Å². The fourth-order valence-electron chi connectivity index (χ4n) is 2.00. The molecular weight excluding hydrogens is 306 g/mol. The molecule has 6 heteroatoms. The molecular formula is C18H27N3O3. The molecule has 0 fully saturated rings. The van der Waals surface area contributed by atoms with E-state index in [1.807, 2.05) is 10.8 Å². The average Bonchev–Trinajstić information content (AvgIpc) is 3.01. The predicted octanol–water partition coefficient (Wildman–Crippen LogP) is 2.12. The van der Waals surface area contributed by atoms with Crippen LogP contribution in [-0.4, -0.2) is 38.9 Å². The highest BCUT2D eigenvalue weighted by molar-refractivity contribution is 5.66. The summed E-state index contributed by atoms with van der Waals surface area (Å²) in [4.78, 5) is 14.8. The number of aryl methyl sites for hydroxylation is 1. The Kier molecular flexibility index (Phi) is 7.61. The third-order valence-electron chi connectivity index (χ3n) is 3.39.